The van der Waals surface area contributed by atoms with Crippen LogP contribution >= 0.6 is 0 Å². The summed E-state index contributed by atoms with van der Waals surface area (Å²) in [6.45, 7) is 3.98. The lowest BCUT2D eigenvalue weighted by Crippen LogP contribution is -2.23. The first kappa shape index (κ1) is 20.8. The molecule has 0 saturated heterocycles. The molecule has 0 aliphatic heterocycles. The minimum atomic E-state index is -3.70. The van der Waals surface area contributed by atoms with Crippen molar-refractivity contribution in [3.05, 3.63) is 77.4 Å². The number of hydrogen-bond donors (Lipinski definition) is 2. The van der Waals surface area contributed by atoms with E-state index in [2.05, 4.69) is 15.2 Å². The van der Waals surface area contributed by atoms with Gasteiger partial charge in [-0.15, -0.1) is 0 Å². The number of benzene rings is 2. The maximum atomic E-state index is 12.5. The Hall–Kier alpha value is -3.43. The summed E-state index contributed by atoms with van der Waals surface area (Å²) in [6.07, 6.45) is 1.52. The normalized spacial score (nSPS) is 11.7. The van der Waals surface area contributed by atoms with Gasteiger partial charge in [-0.25, -0.2) is 13.1 Å². The average Bonchev–Trinajstić information content (AvgIpc) is 3.37. The largest absolute Gasteiger partial charge is 0.468 e. The number of nitrogens with zero attached hydrogens (tertiary/aromatic N) is 1. The van der Waals surface area contributed by atoms with Gasteiger partial charge in [0.25, 0.3) is 0 Å². The highest BCUT2D eigenvalue weighted by Crippen LogP contribution is 2.25. The lowest BCUT2D eigenvalue weighted by atomic mass is 10.0. The molecule has 0 aliphatic rings. The van der Waals surface area contributed by atoms with Crippen LogP contribution < -0.4 is 10.0 Å². The Morgan fingerprint density at radius 3 is 2.58 bits per heavy atom. The Kier molecular flexibility index (Phi) is 5.62. The monoisotopic (exact) mass is 439 g/mol. The van der Waals surface area contributed by atoms with Crippen molar-refractivity contribution in [3.8, 4) is 0 Å². The molecule has 0 spiro atoms. The van der Waals surface area contributed by atoms with Gasteiger partial charge in [0.05, 0.1) is 24.1 Å². The van der Waals surface area contributed by atoms with Crippen LogP contribution in [0.15, 0.2) is 68.6 Å². The number of aromatic nitrogens is 1. The molecule has 2 aromatic heterocycles. The number of amides is 1. The molecule has 8 nitrogen and oxygen atoms in total. The molecule has 0 aliphatic carbocycles. The van der Waals surface area contributed by atoms with Gasteiger partial charge >= 0.3 is 0 Å². The Labute approximate surface area is 179 Å². The molecule has 0 unspecified atom stereocenters. The average molecular weight is 439 g/mol. The number of furan rings is 1. The molecule has 4 aromatic rings. The van der Waals surface area contributed by atoms with Gasteiger partial charge < -0.3 is 14.3 Å². The number of nitrogens with one attached hydrogen (secondary N) is 2. The summed E-state index contributed by atoms with van der Waals surface area (Å²) in [5, 5.41) is 7.63. The van der Waals surface area contributed by atoms with Crippen LogP contribution in [0.25, 0.3) is 11.0 Å². The SMILES string of the molecule is Cc1cc(C)c2c(CC(=O)Nc3ccc(S(=O)(=O)NCc4ccco4)cc3)noc2c1. The first-order chi connectivity index (χ1) is 14.8. The number of hydrogen-bond acceptors (Lipinski definition) is 6. The zero-order chi connectivity index (χ0) is 22.0. The molecule has 2 heterocycles. The fraction of sp³-hybridized carbons (Fsp3) is 0.182. The Balaban J connectivity index is 1.41. The van der Waals surface area contributed by atoms with Crippen molar-refractivity contribution in [2.24, 2.45) is 0 Å². The summed E-state index contributed by atoms with van der Waals surface area (Å²) in [7, 11) is -3.70. The lowest BCUT2D eigenvalue weighted by molar-refractivity contribution is -0.115. The van der Waals surface area contributed by atoms with Crippen molar-refractivity contribution in [1.29, 1.82) is 0 Å². The zero-order valence-electron chi connectivity index (χ0n) is 17.0. The highest BCUT2D eigenvalue weighted by Gasteiger charge is 2.17. The van der Waals surface area contributed by atoms with Crippen molar-refractivity contribution in [2.75, 3.05) is 5.32 Å². The van der Waals surface area contributed by atoms with E-state index in [9.17, 15) is 13.2 Å². The van der Waals surface area contributed by atoms with Crippen LogP contribution in [-0.2, 0) is 27.8 Å². The third kappa shape index (κ3) is 4.68. The molecule has 1 amide bonds. The van der Waals surface area contributed by atoms with Gasteiger partial charge in [-0.3, -0.25) is 4.79 Å². The van der Waals surface area contributed by atoms with E-state index in [0.29, 0.717) is 22.7 Å². The van der Waals surface area contributed by atoms with E-state index in [4.69, 9.17) is 8.94 Å². The zero-order valence-corrected chi connectivity index (χ0v) is 17.8. The number of anilines is 1. The summed E-state index contributed by atoms with van der Waals surface area (Å²) in [5.41, 5.74) is 3.75. The molecular formula is C22H21N3O5S. The number of sulfonamides is 1. The van der Waals surface area contributed by atoms with E-state index in [1.54, 1.807) is 12.1 Å². The van der Waals surface area contributed by atoms with Gasteiger partial charge in [0.15, 0.2) is 5.58 Å². The van der Waals surface area contributed by atoms with Crippen molar-refractivity contribution < 1.29 is 22.2 Å². The topological polar surface area (TPSA) is 114 Å². The van der Waals surface area contributed by atoms with Gasteiger partial charge in [-0.1, -0.05) is 11.2 Å². The van der Waals surface area contributed by atoms with Gasteiger partial charge in [0.2, 0.25) is 15.9 Å². The summed E-state index contributed by atoms with van der Waals surface area (Å²) in [4.78, 5) is 12.6. The Morgan fingerprint density at radius 2 is 1.87 bits per heavy atom. The third-order valence-corrected chi connectivity index (χ3v) is 6.20. The van der Waals surface area contributed by atoms with Crippen LogP contribution in [0.1, 0.15) is 22.6 Å². The maximum Gasteiger partial charge on any atom is 0.240 e. The Bertz CT molecular complexity index is 1320. The van der Waals surface area contributed by atoms with Crippen LogP contribution in [0.2, 0.25) is 0 Å². The minimum absolute atomic E-state index is 0.0433. The number of rotatable bonds is 7. The quantitative estimate of drug-likeness (QED) is 0.454. The molecule has 0 radical (unpaired) electrons. The summed E-state index contributed by atoms with van der Waals surface area (Å²) in [5.74, 6) is 0.236. The van der Waals surface area contributed by atoms with Crippen molar-refractivity contribution >= 4 is 32.6 Å². The first-order valence-corrected chi connectivity index (χ1v) is 11.1. The molecule has 9 heteroatoms. The van der Waals surface area contributed by atoms with Crippen LogP contribution in [-0.4, -0.2) is 19.5 Å². The van der Waals surface area contributed by atoms with E-state index in [0.717, 1.165) is 16.5 Å². The Morgan fingerprint density at radius 1 is 1.10 bits per heavy atom. The number of carbonyl (C=O) groups is 1. The predicted molar refractivity (Wildman–Crippen MR) is 115 cm³/mol. The van der Waals surface area contributed by atoms with Crippen molar-refractivity contribution in [3.63, 3.8) is 0 Å². The van der Waals surface area contributed by atoms with Crippen LogP contribution in [0, 0.1) is 13.8 Å². The second-order valence-electron chi connectivity index (χ2n) is 7.24. The fourth-order valence-electron chi connectivity index (χ4n) is 3.38. The summed E-state index contributed by atoms with van der Waals surface area (Å²) in [6, 6.07) is 13.2. The predicted octanol–water partition coefficient (Wildman–Crippen LogP) is 3.70. The highest BCUT2D eigenvalue weighted by molar-refractivity contribution is 7.89. The van der Waals surface area contributed by atoms with Gasteiger partial charge in [0, 0.05) is 11.1 Å². The van der Waals surface area contributed by atoms with Crippen LogP contribution in [0.3, 0.4) is 0 Å². The standard InChI is InChI=1S/C22H21N3O5S/c1-14-10-15(2)22-19(25-30-20(22)11-14)12-21(26)24-16-5-7-18(8-6-16)31(27,28)23-13-17-4-3-9-29-17/h3-11,23H,12-13H2,1-2H3,(H,24,26). The third-order valence-electron chi connectivity index (χ3n) is 4.78. The molecule has 160 valence electrons. The summed E-state index contributed by atoms with van der Waals surface area (Å²) < 4.78 is 37.7. The molecular weight excluding hydrogens is 418 g/mol. The molecule has 0 atom stereocenters. The van der Waals surface area contributed by atoms with E-state index >= 15 is 0 Å². The lowest BCUT2D eigenvalue weighted by Gasteiger charge is -2.08. The molecule has 0 saturated carbocycles. The molecule has 0 fully saturated rings. The van der Waals surface area contributed by atoms with Crippen LogP contribution in [0.5, 0.6) is 0 Å². The molecule has 4 rings (SSSR count). The highest BCUT2D eigenvalue weighted by atomic mass is 32.2. The molecule has 31 heavy (non-hydrogen) atoms. The molecule has 2 aromatic carbocycles. The van der Waals surface area contributed by atoms with Gasteiger partial charge in [-0.05, 0) is 67.4 Å². The first-order valence-electron chi connectivity index (χ1n) is 9.59. The van der Waals surface area contributed by atoms with E-state index in [-0.39, 0.29) is 23.8 Å². The van der Waals surface area contributed by atoms with Crippen molar-refractivity contribution in [1.82, 2.24) is 9.88 Å². The van der Waals surface area contributed by atoms with Gasteiger partial charge in [-0.2, -0.15) is 0 Å². The number of fused-ring (bicyclic) bond motifs is 1. The summed E-state index contributed by atoms with van der Waals surface area (Å²) >= 11 is 0. The van der Waals surface area contributed by atoms with Crippen LogP contribution in [0.4, 0.5) is 5.69 Å². The fourth-order valence-corrected chi connectivity index (χ4v) is 4.37. The van der Waals surface area contributed by atoms with Gasteiger partial charge in [0.1, 0.15) is 11.5 Å². The van der Waals surface area contributed by atoms with Crippen molar-refractivity contribution in [2.45, 2.75) is 31.7 Å². The second-order valence-corrected chi connectivity index (χ2v) is 9.00. The maximum absolute atomic E-state index is 12.5. The second kappa shape index (κ2) is 8.37. The van der Waals surface area contributed by atoms with E-state index in [1.807, 2.05) is 26.0 Å². The number of aryl methyl sites for hydroxylation is 2. The van der Waals surface area contributed by atoms with E-state index in [1.165, 1.54) is 30.5 Å². The minimum Gasteiger partial charge on any atom is -0.468 e. The van der Waals surface area contributed by atoms with E-state index < -0.39 is 10.0 Å². The molecule has 2 N–H and O–H groups in total. The smallest absolute Gasteiger partial charge is 0.240 e. The molecule has 0 bridgehead atoms. The number of carbonyl (C=O) groups excluding carboxylic acids is 1.